The van der Waals surface area contributed by atoms with Crippen molar-refractivity contribution in [3.8, 4) is 0 Å². The minimum Gasteiger partial charge on any atom is -0.313 e. The molecule has 0 radical (unpaired) electrons. The largest absolute Gasteiger partial charge is 0.313 e. The van der Waals surface area contributed by atoms with Crippen molar-refractivity contribution in [3.63, 3.8) is 0 Å². The van der Waals surface area contributed by atoms with Gasteiger partial charge in [0.1, 0.15) is 0 Å². The molecule has 0 aliphatic carbocycles. The van der Waals surface area contributed by atoms with Crippen LogP contribution in [-0.2, 0) is 0 Å². The summed E-state index contributed by atoms with van der Waals surface area (Å²) in [6.45, 7) is 8.24. The molecule has 0 aromatic heterocycles. The Kier molecular flexibility index (Phi) is 5.37. The zero-order chi connectivity index (χ0) is 8.41. The molecule has 0 atom stereocenters. The molecule has 0 saturated heterocycles. The van der Waals surface area contributed by atoms with Crippen LogP contribution in [-0.4, -0.2) is 5.66 Å². The van der Waals surface area contributed by atoms with Crippen molar-refractivity contribution in [2.75, 3.05) is 0 Å². The fourth-order valence-electron chi connectivity index (χ4n) is 0.894. The molecule has 0 fully saturated rings. The zero-order valence-electron chi connectivity index (χ0n) is 7.98. The summed E-state index contributed by atoms with van der Waals surface area (Å²) in [5.41, 5.74) is 11.0. The summed E-state index contributed by atoms with van der Waals surface area (Å²) < 4.78 is 0. The molecule has 0 aliphatic heterocycles. The van der Waals surface area contributed by atoms with E-state index in [1.807, 2.05) is 6.92 Å². The summed E-state index contributed by atoms with van der Waals surface area (Å²) in [6, 6.07) is 0. The summed E-state index contributed by atoms with van der Waals surface area (Å²) >= 11 is 0. The lowest BCUT2D eigenvalue weighted by Gasteiger charge is -2.38. The smallest absolute Gasteiger partial charge is 0.0660 e. The van der Waals surface area contributed by atoms with Crippen LogP contribution >= 0.6 is 12.4 Å². The van der Waals surface area contributed by atoms with Crippen molar-refractivity contribution < 1.29 is 0 Å². The van der Waals surface area contributed by atoms with Gasteiger partial charge in [0, 0.05) is 0 Å². The van der Waals surface area contributed by atoms with E-state index in [0.717, 1.165) is 12.8 Å². The number of hydrogen-bond acceptors (Lipinski definition) is 2. The number of nitrogens with two attached hydrogens (primary N) is 2. The highest BCUT2D eigenvalue weighted by atomic mass is 35.5. The highest BCUT2D eigenvalue weighted by molar-refractivity contribution is 5.85. The van der Waals surface area contributed by atoms with E-state index in [2.05, 4.69) is 20.8 Å². The van der Waals surface area contributed by atoms with Gasteiger partial charge in [-0.3, -0.25) is 0 Å². The summed E-state index contributed by atoms with van der Waals surface area (Å²) in [5.74, 6) is 0. The van der Waals surface area contributed by atoms with Crippen molar-refractivity contribution in [2.45, 2.75) is 46.2 Å². The van der Waals surface area contributed by atoms with Gasteiger partial charge in [0.25, 0.3) is 0 Å². The SMILES string of the molecule is CCCC(C)(C)C(C)(N)N.Cl. The molecule has 3 heteroatoms. The third-order valence-electron chi connectivity index (χ3n) is 2.33. The number of halogens is 1. The van der Waals surface area contributed by atoms with Crippen LogP contribution in [0.1, 0.15) is 40.5 Å². The molecule has 0 unspecified atom stereocenters. The van der Waals surface area contributed by atoms with Gasteiger partial charge in [-0.2, -0.15) is 0 Å². The molecule has 0 aromatic rings. The Bertz CT molecular complexity index is 105. The minimum atomic E-state index is -0.553. The van der Waals surface area contributed by atoms with Crippen LogP contribution in [0.4, 0.5) is 0 Å². The Hall–Kier alpha value is 0.210. The van der Waals surface area contributed by atoms with Crippen molar-refractivity contribution in [3.05, 3.63) is 0 Å². The van der Waals surface area contributed by atoms with Crippen LogP contribution in [0, 0.1) is 5.41 Å². The van der Waals surface area contributed by atoms with Gasteiger partial charge in [-0.25, -0.2) is 0 Å². The third-order valence-corrected chi connectivity index (χ3v) is 2.33. The van der Waals surface area contributed by atoms with Crippen LogP contribution in [0.3, 0.4) is 0 Å². The summed E-state index contributed by atoms with van der Waals surface area (Å²) in [7, 11) is 0. The predicted octanol–water partition coefficient (Wildman–Crippen LogP) is 1.87. The maximum absolute atomic E-state index is 5.78. The first-order chi connectivity index (χ1) is 4.31. The average Bonchev–Trinajstić information content (AvgIpc) is 1.61. The first-order valence-corrected chi connectivity index (χ1v) is 3.89. The highest BCUT2D eigenvalue weighted by Crippen LogP contribution is 2.29. The molecule has 0 aliphatic rings. The lowest BCUT2D eigenvalue weighted by Crippen LogP contribution is -2.57. The van der Waals surface area contributed by atoms with Gasteiger partial charge in [-0.1, -0.05) is 27.2 Å². The van der Waals surface area contributed by atoms with E-state index in [1.165, 1.54) is 0 Å². The van der Waals surface area contributed by atoms with Crippen LogP contribution in [0.5, 0.6) is 0 Å². The number of hydrogen-bond donors (Lipinski definition) is 2. The van der Waals surface area contributed by atoms with E-state index in [4.69, 9.17) is 11.5 Å². The molecular weight excluding hydrogens is 160 g/mol. The zero-order valence-corrected chi connectivity index (χ0v) is 8.79. The Morgan fingerprint density at radius 3 is 1.55 bits per heavy atom. The number of rotatable bonds is 3. The average molecular weight is 181 g/mol. The summed E-state index contributed by atoms with van der Waals surface area (Å²) in [5, 5.41) is 0. The predicted molar refractivity (Wildman–Crippen MR) is 52.7 cm³/mol. The quantitative estimate of drug-likeness (QED) is 0.652. The van der Waals surface area contributed by atoms with Gasteiger partial charge in [0.2, 0.25) is 0 Å². The van der Waals surface area contributed by atoms with Gasteiger partial charge in [0.05, 0.1) is 5.66 Å². The summed E-state index contributed by atoms with van der Waals surface area (Å²) in [6.07, 6.45) is 2.22. The van der Waals surface area contributed by atoms with Crippen LogP contribution < -0.4 is 11.5 Å². The van der Waals surface area contributed by atoms with Crippen LogP contribution in [0.25, 0.3) is 0 Å². The van der Waals surface area contributed by atoms with E-state index in [-0.39, 0.29) is 17.8 Å². The second-order valence-corrected chi connectivity index (χ2v) is 3.92. The molecule has 70 valence electrons. The van der Waals surface area contributed by atoms with Gasteiger partial charge in [0.15, 0.2) is 0 Å². The topological polar surface area (TPSA) is 52.0 Å². The first kappa shape index (κ1) is 13.8. The summed E-state index contributed by atoms with van der Waals surface area (Å²) in [4.78, 5) is 0. The lowest BCUT2D eigenvalue weighted by atomic mass is 9.77. The standard InChI is InChI=1S/C8H20N2.ClH/c1-5-6-7(2,3)8(4,9)10;/h5-6,9-10H2,1-4H3;1H. The Labute approximate surface area is 76.1 Å². The Morgan fingerprint density at radius 2 is 1.45 bits per heavy atom. The van der Waals surface area contributed by atoms with Crippen molar-refractivity contribution >= 4 is 12.4 Å². The van der Waals surface area contributed by atoms with Gasteiger partial charge >= 0.3 is 0 Å². The van der Waals surface area contributed by atoms with E-state index >= 15 is 0 Å². The lowest BCUT2D eigenvalue weighted by molar-refractivity contribution is 0.172. The highest BCUT2D eigenvalue weighted by Gasteiger charge is 2.32. The van der Waals surface area contributed by atoms with Gasteiger partial charge in [-0.15, -0.1) is 12.4 Å². The van der Waals surface area contributed by atoms with E-state index in [9.17, 15) is 0 Å². The van der Waals surface area contributed by atoms with Gasteiger partial charge < -0.3 is 11.5 Å². The molecule has 0 heterocycles. The fourth-order valence-corrected chi connectivity index (χ4v) is 0.894. The van der Waals surface area contributed by atoms with Crippen molar-refractivity contribution in [2.24, 2.45) is 16.9 Å². The molecule has 0 bridgehead atoms. The molecule has 0 amide bonds. The molecule has 4 N–H and O–H groups in total. The fraction of sp³-hybridized carbons (Fsp3) is 1.00. The molecule has 0 aromatic carbocycles. The third kappa shape index (κ3) is 3.94. The molecular formula is C8H21ClN2. The Balaban J connectivity index is 0. The van der Waals surface area contributed by atoms with Crippen molar-refractivity contribution in [1.82, 2.24) is 0 Å². The van der Waals surface area contributed by atoms with Gasteiger partial charge in [-0.05, 0) is 18.8 Å². The van der Waals surface area contributed by atoms with E-state index in [1.54, 1.807) is 0 Å². The molecule has 11 heavy (non-hydrogen) atoms. The minimum absolute atomic E-state index is 0. The van der Waals surface area contributed by atoms with Crippen LogP contribution in [0.15, 0.2) is 0 Å². The second kappa shape index (κ2) is 4.29. The first-order valence-electron chi connectivity index (χ1n) is 3.89. The second-order valence-electron chi connectivity index (χ2n) is 3.92. The maximum Gasteiger partial charge on any atom is 0.0660 e. The van der Waals surface area contributed by atoms with E-state index < -0.39 is 5.66 Å². The van der Waals surface area contributed by atoms with Crippen molar-refractivity contribution in [1.29, 1.82) is 0 Å². The molecule has 0 spiro atoms. The maximum atomic E-state index is 5.78. The Morgan fingerprint density at radius 1 is 1.09 bits per heavy atom. The van der Waals surface area contributed by atoms with E-state index in [0.29, 0.717) is 0 Å². The molecule has 0 saturated carbocycles. The molecule has 0 rings (SSSR count). The normalized spacial score (nSPS) is 12.5. The molecule has 2 nitrogen and oxygen atoms in total. The van der Waals surface area contributed by atoms with Crippen LogP contribution in [0.2, 0.25) is 0 Å². The monoisotopic (exact) mass is 180 g/mol.